The number of amides is 2. The number of pyridine rings is 1. The Bertz CT molecular complexity index is 839. The zero-order valence-corrected chi connectivity index (χ0v) is 17.9. The number of benzene rings is 1. The van der Waals surface area contributed by atoms with Crippen LogP contribution in [-0.4, -0.2) is 64.9 Å². The lowest BCUT2D eigenvalue weighted by atomic mass is 10.1. The van der Waals surface area contributed by atoms with Crippen LogP contribution in [0.2, 0.25) is 0 Å². The molecule has 160 valence electrons. The fourth-order valence-corrected chi connectivity index (χ4v) is 3.30. The molecule has 0 unspecified atom stereocenters. The van der Waals surface area contributed by atoms with Crippen LogP contribution in [0.1, 0.15) is 36.7 Å². The van der Waals surface area contributed by atoms with E-state index in [2.05, 4.69) is 15.2 Å². The molecule has 1 fully saturated rings. The number of hydrogen-bond acceptors (Lipinski definition) is 5. The summed E-state index contributed by atoms with van der Waals surface area (Å²) in [6, 6.07) is 11.1. The maximum absolute atomic E-state index is 12.8. The van der Waals surface area contributed by atoms with Gasteiger partial charge < -0.3 is 15.0 Å². The van der Waals surface area contributed by atoms with E-state index in [1.165, 1.54) is 0 Å². The molecule has 0 saturated carbocycles. The number of aromatic nitrogens is 1. The number of hydrogen-bond donors (Lipinski definition) is 1. The fraction of sp³-hybridized carbons (Fsp3) is 0.435. The van der Waals surface area contributed by atoms with Crippen LogP contribution in [0.4, 0.5) is 0 Å². The number of ether oxygens (including phenoxy) is 1. The quantitative estimate of drug-likeness (QED) is 0.791. The van der Waals surface area contributed by atoms with E-state index in [0.717, 1.165) is 5.56 Å². The summed E-state index contributed by atoms with van der Waals surface area (Å²) in [6.07, 6.45) is 3.49. The molecular weight excluding hydrogens is 380 g/mol. The van der Waals surface area contributed by atoms with Crippen LogP contribution in [0.25, 0.3) is 0 Å². The molecule has 0 aliphatic carbocycles. The summed E-state index contributed by atoms with van der Waals surface area (Å²) < 4.78 is 5.75. The Hall–Kier alpha value is -2.93. The maximum atomic E-state index is 12.8. The normalized spacial score (nSPS) is 15.0. The van der Waals surface area contributed by atoms with Crippen LogP contribution in [0.15, 0.2) is 48.8 Å². The predicted molar refractivity (Wildman–Crippen MR) is 115 cm³/mol. The van der Waals surface area contributed by atoms with Crippen LogP contribution in [0.5, 0.6) is 5.75 Å². The van der Waals surface area contributed by atoms with E-state index < -0.39 is 0 Å². The van der Waals surface area contributed by atoms with Crippen molar-refractivity contribution >= 4 is 11.8 Å². The first-order valence-electron chi connectivity index (χ1n) is 10.2. The van der Waals surface area contributed by atoms with Crippen LogP contribution in [0, 0.1) is 0 Å². The van der Waals surface area contributed by atoms with Crippen molar-refractivity contribution in [1.82, 2.24) is 20.1 Å². The van der Waals surface area contributed by atoms with Crippen LogP contribution in [0.3, 0.4) is 0 Å². The van der Waals surface area contributed by atoms with Crippen molar-refractivity contribution in [3.63, 3.8) is 0 Å². The summed E-state index contributed by atoms with van der Waals surface area (Å²) in [5, 5.41) is 2.98. The number of rotatable bonds is 6. The Morgan fingerprint density at radius 3 is 2.37 bits per heavy atom. The molecule has 1 saturated heterocycles. The highest BCUT2D eigenvalue weighted by molar-refractivity contribution is 5.94. The third-order valence-corrected chi connectivity index (χ3v) is 4.77. The molecule has 0 spiro atoms. The number of nitrogens with zero attached hydrogens (tertiary/aromatic N) is 3. The largest absolute Gasteiger partial charge is 0.489 e. The first-order chi connectivity index (χ1) is 14.3. The molecule has 1 aromatic heterocycles. The van der Waals surface area contributed by atoms with Gasteiger partial charge in [0.2, 0.25) is 5.91 Å². The average Bonchev–Trinajstić information content (AvgIpc) is 2.72. The SMILES string of the molecule is CC(C)(C)NC(=O)CN1CCN(C(=O)c2ccc(OCc3cccnc3)cc2)CC1. The monoisotopic (exact) mass is 410 g/mol. The van der Waals surface area contributed by atoms with Gasteiger partial charge in [0.1, 0.15) is 12.4 Å². The van der Waals surface area contributed by atoms with Gasteiger partial charge in [0, 0.05) is 55.2 Å². The van der Waals surface area contributed by atoms with Gasteiger partial charge in [-0.2, -0.15) is 0 Å². The van der Waals surface area contributed by atoms with Crippen molar-refractivity contribution in [2.75, 3.05) is 32.7 Å². The molecule has 2 amide bonds. The molecule has 0 radical (unpaired) electrons. The van der Waals surface area contributed by atoms with Gasteiger partial charge in [-0.1, -0.05) is 6.07 Å². The molecule has 1 N–H and O–H groups in total. The molecular formula is C23H30N4O3. The lowest BCUT2D eigenvalue weighted by molar-refractivity contribution is -0.124. The standard InChI is InChI=1S/C23H30N4O3/c1-23(2,3)25-21(28)16-26-11-13-27(14-12-26)22(29)19-6-8-20(9-7-19)30-17-18-5-4-10-24-15-18/h4-10,15H,11-14,16-17H2,1-3H3,(H,25,28). The van der Waals surface area contributed by atoms with Gasteiger partial charge >= 0.3 is 0 Å². The summed E-state index contributed by atoms with van der Waals surface area (Å²) >= 11 is 0. The van der Waals surface area contributed by atoms with E-state index in [-0.39, 0.29) is 17.4 Å². The topological polar surface area (TPSA) is 74.8 Å². The van der Waals surface area contributed by atoms with Gasteiger partial charge in [0.25, 0.3) is 5.91 Å². The molecule has 1 aromatic carbocycles. The van der Waals surface area contributed by atoms with Crippen LogP contribution in [-0.2, 0) is 11.4 Å². The Morgan fingerprint density at radius 2 is 1.77 bits per heavy atom. The summed E-state index contributed by atoms with van der Waals surface area (Å²) in [6.45, 7) is 9.31. The van der Waals surface area contributed by atoms with Crippen molar-refractivity contribution in [3.8, 4) is 5.75 Å². The van der Waals surface area contributed by atoms with E-state index >= 15 is 0 Å². The highest BCUT2D eigenvalue weighted by Crippen LogP contribution is 2.16. The van der Waals surface area contributed by atoms with Gasteiger partial charge in [-0.25, -0.2) is 0 Å². The number of piperazine rings is 1. The molecule has 3 rings (SSSR count). The van der Waals surface area contributed by atoms with Crippen molar-refractivity contribution in [1.29, 1.82) is 0 Å². The predicted octanol–water partition coefficient (Wildman–Crippen LogP) is 2.33. The smallest absolute Gasteiger partial charge is 0.253 e. The lowest BCUT2D eigenvalue weighted by Crippen LogP contribution is -2.52. The van der Waals surface area contributed by atoms with E-state index in [4.69, 9.17) is 4.74 Å². The molecule has 7 nitrogen and oxygen atoms in total. The van der Waals surface area contributed by atoms with E-state index in [1.807, 2.05) is 49.9 Å². The van der Waals surface area contributed by atoms with Crippen molar-refractivity contribution in [2.45, 2.75) is 32.9 Å². The second-order valence-electron chi connectivity index (χ2n) is 8.54. The molecule has 2 aromatic rings. The third-order valence-electron chi connectivity index (χ3n) is 4.77. The Morgan fingerprint density at radius 1 is 1.07 bits per heavy atom. The Kier molecular flexibility index (Phi) is 7.05. The number of carbonyl (C=O) groups is 2. The van der Waals surface area contributed by atoms with Gasteiger partial charge in [-0.3, -0.25) is 19.5 Å². The second-order valence-corrected chi connectivity index (χ2v) is 8.54. The van der Waals surface area contributed by atoms with Crippen LogP contribution >= 0.6 is 0 Å². The first kappa shape index (κ1) is 21.8. The number of carbonyl (C=O) groups excluding carboxylic acids is 2. The molecule has 2 heterocycles. The molecule has 0 bridgehead atoms. The number of nitrogens with one attached hydrogen (secondary N) is 1. The summed E-state index contributed by atoms with van der Waals surface area (Å²) in [4.78, 5) is 32.9. The summed E-state index contributed by atoms with van der Waals surface area (Å²) in [5.74, 6) is 0.738. The average molecular weight is 411 g/mol. The minimum absolute atomic E-state index is 0.00704. The summed E-state index contributed by atoms with van der Waals surface area (Å²) in [7, 11) is 0. The van der Waals surface area contributed by atoms with Crippen molar-refractivity contribution < 1.29 is 14.3 Å². The second kappa shape index (κ2) is 9.71. The van der Waals surface area contributed by atoms with Gasteiger partial charge in [-0.15, -0.1) is 0 Å². The van der Waals surface area contributed by atoms with Crippen molar-refractivity contribution in [3.05, 3.63) is 59.9 Å². The molecule has 1 aliphatic rings. The zero-order valence-electron chi connectivity index (χ0n) is 17.9. The molecule has 30 heavy (non-hydrogen) atoms. The summed E-state index contributed by atoms with van der Waals surface area (Å²) in [5.41, 5.74) is 1.40. The molecule has 7 heteroatoms. The third kappa shape index (κ3) is 6.56. The van der Waals surface area contributed by atoms with Gasteiger partial charge in [-0.05, 0) is 51.1 Å². The first-order valence-corrected chi connectivity index (χ1v) is 10.2. The minimum Gasteiger partial charge on any atom is -0.489 e. The maximum Gasteiger partial charge on any atom is 0.253 e. The highest BCUT2D eigenvalue weighted by Gasteiger charge is 2.24. The van der Waals surface area contributed by atoms with Gasteiger partial charge in [0.05, 0.1) is 6.54 Å². The minimum atomic E-state index is -0.233. The Labute approximate surface area is 178 Å². The van der Waals surface area contributed by atoms with E-state index in [9.17, 15) is 9.59 Å². The van der Waals surface area contributed by atoms with Crippen molar-refractivity contribution in [2.24, 2.45) is 0 Å². The van der Waals surface area contributed by atoms with E-state index in [1.54, 1.807) is 24.5 Å². The highest BCUT2D eigenvalue weighted by atomic mass is 16.5. The van der Waals surface area contributed by atoms with E-state index in [0.29, 0.717) is 50.6 Å². The zero-order chi connectivity index (χ0) is 21.6. The van der Waals surface area contributed by atoms with Crippen LogP contribution < -0.4 is 10.1 Å². The lowest BCUT2D eigenvalue weighted by Gasteiger charge is -2.35. The van der Waals surface area contributed by atoms with Gasteiger partial charge in [0.15, 0.2) is 0 Å². The fourth-order valence-electron chi connectivity index (χ4n) is 3.30. The molecule has 1 aliphatic heterocycles. The Balaban J connectivity index is 1.46. The molecule has 0 atom stereocenters.